The number of aliphatic carboxylic acids is 1. The Morgan fingerprint density at radius 3 is 2.44 bits per heavy atom. The number of rotatable bonds is 6. The molecule has 0 bridgehead atoms. The van der Waals surface area contributed by atoms with Gasteiger partial charge in [0.15, 0.2) is 0 Å². The molecule has 174 valence electrons. The quantitative estimate of drug-likeness (QED) is 0.460. The number of pyridine rings is 1. The monoisotopic (exact) mass is 458 g/mol. The van der Waals surface area contributed by atoms with Crippen molar-refractivity contribution in [1.82, 2.24) is 14.1 Å². The second kappa shape index (κ2) is 11.4. The first kappa shape index (κ1) is 24.2. The van der Waals surface area contributed by atoms with Crippen LogP contribution in [0.5, 0.6) is 0 Å². The maximum atomic E-state index is 11.8. The molecule has 4 rings (SSSR count). The molecule has 4 aromatic rings. The highest BCUT2D eigenvalue weighted by Crippen LogP contribution is 2.20. The van der Waals surface area contributed by atoms with E-state index in [1.54, 1.807) is 12.4 Å². The summed E-state index contributed by atoms with van der Waals surface area (Å²) in [7, 11) is 1.48. The van der Waals surface area contributed by atoms with Crippen molar-refractivity contribution in [2.45, 2.75) is 13.5 Å². The Labute approximate surface area is 196 Å². The summed E-state index contributed by atoms with van der Waals surface area (Å²) in [5.74, 6) is -0.893. The van der Waals surface area contributed by atoms with E-state index in [1.165, 1.54) is 23.9 Å². The smallest absolute Gasteiger partial charge is 0.331 e. The summed E-state index contributed by atoms with van der Waals surface area (Å²) in [6, 6.07) is 21.0. The van der Waals surface area contributed by atoms with Crippen LogP contribution >= 0.6 is 0 Å². The summed E-state index contributed by atoms with van der Waals surface area (Å²) in [5, 5.41) is 11.4. The molecule has 34 heavy (non-hydrogen) atoms. The molecule has 0 aliphatic heterocycles. The highest BCUT2D eigenvalue weighted by atomic mass is 16.4. The van der Waals surface area contributed by atoms with E-state index < -0.39 is 5.97 Å². The summed E-state index contributed by atoms with van der Waals surface area (Å²) >= 11 is 0. The predicted octanol–water partition coefficient (Wildman–Crippen LogP) is 3.15. The minimum Gasteiger partial charge on any atom is -0.480 e. The predicted molar refractivity (Wildman–Crippen MR) is 132 cm³/mol. The molecule has 2 heterocycles. The van der Waals surface area contributed by atoms with Crippen molar-refractivity contribution in [1.29, 1.82) is 0 Å². The highest BCUT2D eigenvalue weighted by Gasteiger charge is 2.02. The number of carbonyl (C=O) groups is 1. The van der Waals surface area contributed by atoms with E-state index in [-0.39, 0.29) is 17.8 Å². The van der Waals surface area contributed by atoms with Crippen LogP contribution < -0.4 is 16.6 Å². The van der Waals surface area contributed by atoms with Crippen molar-refractivity contribution in [3.63, 3.8) is 0 Å². The molecule has 8 nitrogen and oxygen atoms in total. The standard InChI is InChI=1S/C13H14N2O2.C13H12N2O2/c1-10-4-3-5-11(8-10)9-15-7-6-12(16)14(2)13(15)17;16-13(17)9-15-12-6-11(7-14-8-12)10-4-2-1-3-5-10/h3-8H,9H2,1-2H3;1-8,15H,9H2,(H,16,17). The van der Waals surface area contributed by atoms with Gasteiger partial charge in [-0.2, -0.15) is 0 Å². The van der Waals surface area contributed by atoms with Crippen LogP contribution in [0.1, 0.15) is 11.1 Å². The first-order chi connectivity index (χ1) is 16.3. The van der Waals surface area contributed by atoms with Crippen molar-refractivity contribution in [3.05, 3.63) is 117 Å². The van der Waals surface area contributed by atoms with Gasteiger partial charge in [-0.05, 0) is 24.1 Å². The van der Waals surface area contributed by atoms with Crippen LogP contribution in [0.25, 0.3) is 11.1 Å². The lowest BCUT2D eigenvalue weighted by atomic mass is 10.1. The molecule has 2 aromatic heterocycles. The second-order valence-corrected chi connectivity index (χ2v) is 7.69. The Bertz CT molecular complexity index is 1380. The molecule has 0 saturated heterocycles. The molecule has 0 aliphatic rings. The summed E-state index contributed by atoms with van der Waals surface area (Å²) in [5.41, 5.74) is 4.34. The first-order valence-corrected chi connectivity index (χ1v) is 10.6. The number of aryl methyl sites for hydroxylation is 1. The molecule has 0 radical (unpaired) electrons. The fourth-order valence-corrected chi connectivity index (χ4v) is 3.25. The molecular weight excluding hydrogens is 432 g/mol. The van der Waals surface area contributed by atoms with Crippen LogP contribution in [-0.2, 0) is 18.4 Å². The number of nitrogens with one attached hydrogen (secondary N) is 1. The van der Waals surface area contributed by atoms with Crippen LogP contribution in [0.3, 0.4) is 0 Å². The fourth-order valence-electron chi connectivity index (χ4n) is 3.25. The molecule has 0 atom stereocenters. The summed E-state index contributed by atoms with van der Waals surface area (Å²) < 4.78 is 2.63. The number of anilines is 1. The number of benzene rings is 2. The van der Waals surface area contributed by atoms with E-state index >= 15 is 0 Å². The van der Waals surface area contributed by atoms with Crippen molar-refractivity contribution in [3.8, 4) is 11.1 Å². The van der Waals surface area contributed by atoms with E-state index in [9.17, 15) is 14.4 Å². The number of hydrogen-bond acceptors (Lipinski definition) is 5. The van der Waals surface area contributed by atoms with Gasteiger partial charge < -0.3 is 10.4 Å². The fraction of sp³-hybridized carbons (Fsp3) is 0.154. The maximum Gasteiger partial charge on any atom is 0.331 e. The molecule has 0 saturated carbocycles. The van der Waals surface area contributed by atoms with E-state index in [0.717, 1.165) is 26.8 Å². The average molecular weight is 459 g/mol. The van der Waals surface area contributed by atoms with Gasteiger partial charge in [-0.25, -0.2) is 4.79 Å². The molecule has 0 amide bonds. The van der Waals surface area contributed by atoms with E-state index in [0.29, 0.717) is 12.2 Å². The highest BCUT2D eigenvalue weighted by molar-refractivity contribution is 5.74. The van der Waals surface area contributed by atoms with Gasteiger partial charge >= 0.3 is 11.7 Å². The molecule has 0 aliphatic carbocycles. The number of carboxylic acid groups (broad SMARTS) is 1. The molecule has 8 heteroatoms. The summed E-state index contributed by atoms with van der Waals surface area (Å²) in [6.45, 7) is 2.38. The second-order valence-electron chi connectivity index (χ2n) is 7.69. The Morgan fingerprint density at radius 2 is 1.74 bits per heavy atom. The SMILES string of the molecule is Cc1cccc(Cn2ccc(=O)n(C)c2=O)c1.O=C(O)CNc1cncc(-c2ccccc2)c1. The average Bonchev–Trinajstić information content (AvgIpc) is 2.84. The molecular formula is C26H26N4O4. The molecule has 0 fully saturated rings. The van der Waals surface area contributed by atoms with Crippen LogP contribution in [0.4, 0.5) is 5.69 Å². The van der Waals surface area contributed by atoms with Gasteiger partial charge in [0.05, 0.1) is 12.2 Å². The Kier molecular flexibility index (Phi) is 8.12. The van der Waals surface area contributed by atoms with E-state index in [1.807, 2.05) is 67.6 Å². The maximum absolute atomic E-state index is 11.8. The lowest BCUT2D eigenvalue weighted by Gasteiger charge is -2.07. The Morgan fingerprint density at radius 1 is 0.971 bits per heavy atom. The van der Waals surface area contributed by atoms with Crippen LogP contribution in [0, 0.1) is 6.92 Å². The van der Waals surface area contributed by atoms with E-state index in [2.05, 4.69) is 10.3 Å². The zero-order chi connectivity index (χ0) is 24.5. The Hall–Kier alpha value is -4.46. The topological polar surface area (TPSA) is 106 Å². The van der Waals surface area contributed by atoms with Gasteiger partial charge in [-0.1, -0.05) is 60.2 Å². The molecule has 2 aromatic carbocycles. The molecule has 0 unspecified atom stereocenters. The Balaban J connectivity index is 0.000000191. The number of nitrogens with zero attached hydrogens (tertiary/aromatic N) is 3. The van der Waals surface area contributed by atoms with Crippen molar-refractivity contribution in [2.24, 2.45) is 7.05 Å². The van der Waals surface area contributed by atoms with Crippen LogP contribution in [-0.4, -0.2) is 31.7 Å². The molecule has 0 spiro atoms. The van der Waals surface area contributed by atoms with Crippen molar-refractivity contribution < 1.29 is 9.90 Å². The zero-order valence-electron chi connectivity index (χ0n) is 19.0. The van der Waals surface area contributed by atoms with Gasteiger partial charge in [0.25, 0.3) is 5.56 Å². The van der Waals surface area contributed by atoms with Crippen molar-refractivity contribution >= 4 is 11.7 Å². The first-order valence-electron chi connectivity index (χ1n) is 10.6. The van der Waals surface area contributed by atoms with Crippen LogP contribution in [0.15, 0.2) is 94.9 Å². The number of aromatic nitrogens is 3. The molecule has 2 N–H and O–H groups in total. The third kappa shape index (κ3) is 6.77. The third-order valence-electron chi connectivity index (χ3n) is 4.98. The van der Waals surface area contributed by atoms with E-state index in [4.69, 9.17) is 5.11 Å². The van der Waals surface area contributed by atoms with Gasteiger partial charge in [0, 0.05) is 37.3 Å². The number of hydrogen-bond donors (Lipinski definition) is 2. The van der Waals surface area contributed by atoms with Gasteiger partial charge in [-0.3, -0.25) is 23.7 Å². The summed E-state index contributed by atoms with van der Waals surface area (Å²) in [4.78, 5) is 37.6. The van der Waals surface area contributed by atoms with Crippen molar-refractivity contribution in [2.75, 3.05) is 11.9 Å². The minimum atomic E-state index is -0.893. The minimum absolute atomic E-state index is 0.111. The number of carboxylic acids is 1. The zero-order valence-corrected chi connectivity index (χ0v) is 19.0. The van der Waals surface area contributed by atoms with Crippen LogP contribution in [0.2, 0.25) is 0 Å². The largest absolute Gasteiger partial charge is 0.480 e. The summed E-state index contributed by atoms with van der Waals surface area (Å²) in [6.07, 6.45) is 4.89. The van der Waals surface area contributed by atoms with Gasteiger partial charge in [0.1, 0.15) is 6.54 Å². The normalized spacial score (nSPS) is 10.2. The van der Waals surface area contributed by atoms with Gasteiger partial charge in [-0.15, -0.1) is 0 Å². The lowest BCUT2D eigenvalue weighted by molar-refractivity contribution is -0.134. The van der Waals surface area contributed by atoms with Gasteiger partial charge in [0.2, 0.25) is 0 Å². The third-order valence-corrected chi connectivity index (χ3v) is 4.98. The lowest BCUT2D eigenvalue weighted by Crippen LogP contribution is -2.37.